The van der Waals surface area contributed by atoms with Crippen LogP contribution in [0.3, 0.4) is 0 Å². The predicted octanol–water partition coefficient (Wildman–Crippen LogP) is 5.18. The largest absolute Gasteiger partial charge is 0.495 e. The van der Waals surface area contributed by atoms with Gasteiger partial charge in [0.1, 0.15) is 16.7 Å². The Morgan fingerprint density at radius 3 is 2.34 bits per heavy atom. The van der Waals surface area contributed by atoms with Crippen LogP contribution in [0.15, 0.2) is 71.6 Å². The molecule has 3 rings (SSSR count). The van der Waals surface area contributed by atoms with Crippen molar-refractivity contribution in [2.24, 2.45) is 0 Å². The van der Waals surface area contributed by atoms with Crippen molar-refractivity contribution in [2.75, 3.05) is 12.4 Å². The quantitative estimate of drug-likeness (QED) is 0.434. The average Bonchev–Trinajstić information content (AvgIpc) is 2.76. The first-order valence-corrected chi connectivity index (χ1v) is 12.0. The van der Waals surface area contributed by atoms with Crippen molar-refractivity contribution in [2.45, 2.75) is 17.4 Å². The number of carbonyl (C=O) groups is 1. The Kier molecular flexibility index (Phi) is 8.03. The molecule has 0 saturated carbocycles. The van der Waals surface area contributed by atoms with E-state index in [9.17, 15) is 13.2 Å². The van der Waals surface area contributed by atoms with Gasteiger partial charge in [-0.1, -0.05) is 65.1 Å². The molecular weight excluding hydrogens is 495 g/mol. The van der Waals surface area contributed by atoms with E-state index in [4.69, 9.17) is 39.5 Å². The lowest BCUT2D eigenvalue weighted by atomic mass is 10.1. The third-order valence-corrected chi connectivity index (χ3v) is 6.97. The molecule has 6 nitrogen and oxygen atoms in total. The van der Waals surface area contributed by atoms with Gasteiger partial charge in [-0.25, -0.2) is 8.42 Å². The molecule has 3 aromatic carbocycles. The molecule has 0 spiro atoms. The van der Waals surface area contributed by atoms with Gasteiger partial charge in [0.2, 0.25) is 15.9 Å². The molecule has 0 saturated heterocycles. The maximum atomic E-state index is 13.2. The van der Waals surface area contributed by atoms with Crippen molar-refractivity contribution in [3.63, 3.8) is 0 Å². The topological polar surface area (TPSA) is 84.5 Å². The van der Waals surface area contributed by atoms with Gasteiger partial charge in [0.05, 0.1) is 17.2 Å². The number of sulfonamides is 1. The standard InChI is InChI=1S/C22H19Cl3N2O4S/c1-31-20-10-7-15(23)12-21(20)32(29,30)27-19(11-14-5-3-2-4-6-14)22(28)26-16-8-9-17(24)18(25)13-16/h2-10,12-13,19,27H,11H2,1H3,(H,26,28)/t19-/m0/s1. The maximum Gasteiger partial charge on any atom is 0.245 e. The van der Waals surface area contributed by atoms with Gasteiger partial charge in [-0.15, -0.1) is 0 Å². The van der Waals surface area contributed by atoms with Gasteiger partial charge >= 0.3 is 0 Å². The fourth-order valence-electron chi connectivity index (χ4n) is 2.95. The smallest absolute Gasteiger partial charge is 0.245 e. The van der Waals surface area contributed by atoms with Crippen LogP contribution in [0.4, 0.5) is 5.69 Å². The third kappa shape index (κ3) is 6.15. The zero-order valence-electron chi connectivity index (χ0n) is 16.8. The Hall–Kier alpha value is -2.29. The van der Waals surface area contributed by atoms with E-state index in [1.165, 1.54) is 37.4 Å². The lowest BCUT2D eigenvalue weighted by molar-refractivity contribution is -0.117. The number of halogens is 3. The molecule has 0 bridgehead atoms. The highest BCUT2D eigenvalue weighted by Gasteiger charge is 2.28. The summed E-state index contributed by atoms with van der Waals surface area (Å²) in [4.78, 5) is 12.9. The SMILES string of the molecule is COc1ccc(Cl)cc1S(=O)(=O)N[C@@H](Cc1ccccc1)C(=O)Nc1ccc(Cl)c(Cl)c1. The van der Waals surface area contributed by atoms with Crippen molar-refractivity contribution in [3.8, 4) is 5.75 Å². The number of anilines is 1. The molecular formula is C22H19Cl3N2O4S. The van der Waals surface area contributed by atoms with E-state index in [2.05, 4.69) is 10.0 Å². The Bertz CT molecular complexity index is 1220. The summed E-state index contributed by atoms with van der Waals surface area (Å²) < 4.78 is 33.9. The number of benzene rings is 3. The van der Waals surface area contributed by atoms with Crippen LogP contribution < -0.4 is 14.8 Å². The first-order chi connectivity index (χ1) is 15.2. The van der Waals surface area contributed by atoms with Crippen molar-refractivity contribution in [3.05, 3.63) is 87.4 Å². The summed E-state index contributed by atoms with van der Waals surface area (Å²) in [6, 6.07) is 16.7. The molecule has 2 N–H and O–H groups in total. The Morgan fingerprint density at radius 1 is 0.969 bits per heavy atom. The van der Waals surface area contributed by atoms with E-state index in [1.54, 1.807) is 30.3 Å². The lowest BCUT2D eigenvalue weighted by Gasteiger charge is -2.20. The molecule has 0 fully saturated rings. The number of hydrogen-bond donors (Lipinski definition) is 2. The number of amides is 1. The van der Waals surface area contributed by atoms with Gasteiger partial charge in [-0.2, -0.15) is 4.72 Å². The van der Waals surface area contributed by atoms with Gasteiger partial charge < -0.3 is 10.1 Å². The molecule has 0 unspecified atom stereocenters. The van der Waals surface area contributed by atoms with E-state index in [-0.39, 0.29) is 27.1 Å². The number of carbonyl (C=O) groups excluding carboxylic acids is 1. The van der Waals surface area contributed by atoms with E-state index in [1.807, 2.05) is 6.07 Å². The molecule has 0 aliphatic heterocycles. The Morgan fingerprint density at radius 2 is 1.69 bits per heavy atom. The van der Waals surface area contributed by atoms with Crippen LogP contribution in [0, 0.1) is 0 Å². The summed E-state index contributed by atoms with van der Waals surface area (Å²) in [5, 5.41) is 3.48. The minimum Gasteiger partial charge on any atom is -0.495 e. The van der Waals surface area contributed by atoms with Crippen LogP contribution in [0.25, 0.3) is 0 Å². The maximum absolute atomic E-state index is 13.2. The van der Waals surface area contributed by atoms with Gasteiger partial charge in [-0.3, -0.25) is 4.79 Å². The van der Waals surface area contributed by atoms with E-state index >= 15 is 0 Å². The molecule has 0 heterocycles. The highest BCUT2D eigenvalue weighted by molar-refractivity contribution is 7.89. The number of rotatable bonds is 8. The lowest BCUT2D eigenvalue weighted by Crippen LogP contribution is -2.45. The zero-order valence-corrected chi connectivity index (χ0v) is 19.9. The van der Waals surface area contributed by atoms with E-state index in [0.29, 0.717) is 10.7 Å². The fourth-order valence-corrected chi connectivity index (χ4v) is 4.88. The van der Waals surface area contributed by atoms with Crippen LogP contribution in [0.1, 0.15) is 5.56 Å². The highest BCUT2D eigenvalue weighted by atomic mass is 35.5. The van der Waals surface area contributed by atoms with Crippen molar-refractivity contribution in [1.82, 2.24) is 4.72 Å². The average molecular weight is 514 g/mol. The van der Waals surface area contributed by atoms with Crippen molar-refractivity contribution >= 4 is 56.4 Å². The normalized spacial score (nSPS) is 12.2. The number of ether oxygens (including phenoxy) is 1. The predicted molar refractivity (Wildman–Crippen MR) is 127 cm³/mol. The number of nitrogens with one attached hydrogen (secondary N) is 2. The number of methoxy groups -OCH3 is 1. The first kappa shape index (κ1) is 24.4. The fraction of sp³-hybridized carbons (Fsp3) is 0.136. The van der Waals surface area contributed by atoms with Crippen LogP contribution >= 0.6 is 34.8 Å². The van der Waals surface area contributed by atoms with E-state index in [0.717, 1.165) is 5.56 Å². The van der Waals surface area contributed by atoms with Gasteiger partial charge in [0, 0.05) is 10.7 Å². The van der Waals surface area contributed by atoms with Gasteiger partial charge in [0.25, 0.3) is 0 Å². The summed E-state index contributed by atoms with van der Waals surface area (Å²) >= 11 is 17.9. The molecule has 0 aromatic heterocycles. The summed E-state index contributed by atoms with van der Waals surface area (Å²) in [6.45, 7) is 0. The molecule has 1 atom stereocenters. The molecule has 10 heteroatoms. The Labute approximate surface area is 201 Å². The van der Waals surface area contributed by atoms with Crippen LogP contribution in [0.2, 0.25) is 15.1 Å². The molecule has 32 heavy (non-hydrogen) atoms. The summed E-state index contributed by atoms with van der Waals surface area (Å²) in [5.74, 6) is -0.470. The zero-order chi connectivity index (χ0) is 23.3. The summed E-state index contributed by atoms with van der Waals surface area (Å²) in [6.07, 6.45) is 0.107. The van der Waals surface area contributed by atoms with Gasteiger partial charge in [0.15, 0.2) is 0 Å². The van der Waals surface area contributed by atoms with Crippen molar-refractivity contribution < 1.29 is 17.9 Å². The van der Waals surface area contributed by atoms with E-state index < -0.39 is 22.0 Å². The molecule has 1 amide bonds. The van der Waals surface area contributed by atoms with Crippen molar-refractivity contribution in [1.29, 1.82) is 0 Å². The molecule has 168 valence electrons. The van der Waals surface area contributed by atoms with Crippen LogP contribution in [-0.2, 0) is 21.2 Å². The molecule has 0 radical (unpaired) electrons. The third-order valence-electron chi connectivity index (χ3n) is 4.50. The minimum absolute atomic E-state index is 0.102. The molecule has 0 aliphatic rings. The molecule has 0 aliphatic carbocycles. The molecule has 3 aromatic rings. The number of hydrogen-bond acceptors (Lipinski definition) is 4. The first-order valence-electron chi connectivity index (χ1n) is 9.35. The second-order valence-corrected chi connectivity index (χ2v) is 9.71. The second-order valence-electron chi connectivity index (χ2n) is 6.78. The van der Waals surface area contributed by atoms with Crippen LogP contribution in [-0.4, -0.2) is 27.5 Å². The Balaban J connectivity index is 1.92. The summed E-state index contributed by atoms with van der Waals surface area (Å²) in [5.41, 5.74) is 1.14. The highest BCUT2D eigenvalue weighted by Crippen LogP contribution is 2.28. The summed E-state index contributed by atoms with van der Waals surface area (Å²) in [7, 11) is -2.82. The van der Waals surface area contributed by atoms with Gasteiger partial charge in [-0.05, 0) is 48.4 Å². The second kappa shape index (κ2) is 10.6. The monoisotopic (exact) mass is 512 g/mol. The minimum atomic E-state index is -4.16. The van der Waals surface area contributed by atoms with Crippen LogP contribution in [0.5, 0.6) is 5.75 Å².